The van der Waals surface area contributed by atoms with Gasteiger partial charge in [0.1, 0.15) is 11.9 Å². The standard InChI is InChI=1S/C14H19F3N2O/c1-4-5-8(2)18-14(20)9(3)19-13-7-11(16)10(15)6-12(13)17/h6-9,19H,4-5H2,1-3H3,(H,18,20). The van der Waals surface area contributed by atoms with Gasteiger partial charge in [0.05, 0.1) is 5.69 Å². The minimum atomic E-state index is -1.26. The largest absolute Gasteiger partial charge is 0.371 e. The predicted molar refractivity (Wildman–Crippen MR) is 71.9 cm³/mol. The van der Waals surface area contributed by atoms with E-state index in [4.69, 9.17) is 0 Å². The molecular weight excluding hydrogens is 269 g/mol. The quantitative estimate of drug-likeness (QED) is 0.789. The second-order valence-electron chi connectivity index (χ2n) is 4.81. The molecular formula is C14H19F3N2O. The van der Waals surface area contributed by atoms with Gasteiger partial charge in [-0.25, -0.2) is 13.2 Å². The Morgan fingerprint density at radius 3 is 2.35 bits per heavy atom. The topological polar surface area (TPSA) is 41.1 Å². The Kier molecular flexibility index (Phi) is 5.85. The van der Waals surface area contributed by atoms with Crippen molar-refractivity contribution in [2.45, 2.75) is 45.7 Å². The Labute approximate surface area is 116 Å². The maximum absolute atomic E-state index is 13.4. The zero-order chi connectivity index (χ0) is 15.3. The fourth-order valence-corrected chi connectivity index (χ4v) is 1.81. The second-order valence-corrected chi connectivity index (χ2v) is 4.81. The average Bonchev–Trinajstić information content (AvgIpc) is 2.35. The molecule has 0 spiro atoms. The van der Waals surface area contributed by atoms with Gasteiger partial charge in [-0.2, -0.15) is 0 Å². The monoisotopic (exact) mass is 288 g/mol. The van der Waals surface area contributed by atoms with Gasteiger partial charge in [0, 0.05) is 18.2 Å². The summed E-state index contributed by atoms with van der Waals surface area (Å²) in [6.45, 7) is 5.39. The molecule has 0 aliphatic heterocycles. The maximum atomic E-state index is 13.4. The summed E-state index contributed by atoms with van der Waals surface area (Å²) in [7, 11) is 0. The van der Waals surface area contributed by atoms with Gasteiger partial charge < -0.3 is 10.6 Å². The lowest BCUT2D eigenvalue weighted by Gasteiger charge is -2.19. The zero-order valence-corrected chi connectivity index (χ0v) is 11.8. The van der Waals surface area contributed by atoms with Gasteiger partial charge in [0.2, 0.25) is 5.91 Å². The lowest BCUT2D eigenvalue weighted by Crippen LogP contribution is -2.42. The van der Waals surface area contributed by atoms with Gasteiger partial charge in [-0.15, -0.1) is 0 Å². The van der Waals surface area contributed by atoms with Gasteiger partial charge >= 0.3 is 0 Å². The summed E-state index contributed by atoms with van der Waals surface area (Å²) in [4.78, 5) is 11.8. The van der Waals surface area contributed by atoms with Crippen LogP contribution in [-0.4, -0.2) is 18.0 Å². The summed E-state index contributed by atoms with van der Waals surface area (Å²) in [6, 6.07) is 0.395. The van der Waals surface area contributed by atoms with Crippen molar-refractivity contribution in [3.8, 4) is 0 Å². The smallest absolute Gasteiger partial charge is 0.242 e. The highest BCUT2D eigenvalue weighted by Gasteiger charge is 2.17. The van der Waals surface area contributed by atoms with E-state index in [0.29, 0.717) is 12.1 Å². The minimum Gasteiger partial charge on any atom is -0.371 e. The number of hydrogen-bond donors (Lipinski definition) is 2. The molecule has 0 heterocycles. The number of hydrogen-bond acceptors (Lipinski definition) is 2. The predicted octanol–water partition coefficient (Wildman–Crippen LogP) is 3.21. The molecule has 1 amide bonds. The van der Waals surface area contributed by atoms with Crippen molar-refractivity contribution in [2.75, 3.05) is 5.32 Å². The molecule has 2 N–H and O–H groups in total. The third-order valence-electron chi connectivity index (χ3n) is 2.89. The molecule has 0 saturated carbocycles. The summed E-state index contributed by atoms with van der Waals surface area (Å²) in [5.41, 5.74) is -0.241. The maximum Gasteiger partial charge on any atom is 0.242 e. The van der Waals surface area contributed by atoms with Crippen LogP contribution in [0.2, 0.25) is 0 Å². The molecule has 1 aromatic carbocycles. The molecule has 1 rings (SSSR count). The molecule has 0 fully saturated rings. The Morgan fingerprint density at radius 2 is 1.75 bits per heavy atom. The van der Waals surface area contributed by atoms with Crippen LogP contribution < -0.4 is 10.6 Å². The number of amides is 1. The molecule has 3 nitrogen and oxygen atoms in total. The first kappa shape index (κ1) is 16.3. The van der Waals surface area contributed by atoms with Crippen molar-refractivity contribution >= 4 is 11.6 Å². The van der Waals surface area contributed by atoms with E-state index in [1.54, 1.807) is 0 Å². The first-order valence-electron chi connectivity index (χ1n) is 6.56. The van der Waals surface area contributed by atoms with Crippen LogP contribution in [0.25, 0.3) is 0 Å². The van der Waals surface area contributed by atoms with E-state index in [2.05, 4.69) is 10.6 Å². The molecule has 20 heavy (non-hydrogen) atoms. The molecule has 0 aliphatic carbocycles. The molecule has 6 heteroatoms. The van der Waals surface area contributed by atoms with Crippen molar-refractivity contribution in [3.05, 3.63) is 29.6 Å². The molecule has 0 aliphatic rings. The van der Waals surface area contributed by atoms with Crippen molar-refractivity contribution in [2.24, 2.45) is 0 Å². The van der Waals surface area contributed by atoms with Crippen LogP contribution in [0.3, 0.4) is 0 Å². The molecule has 0 radical (unpaired) electrons. The van der Waals surface area contributed by atoms with Crippen LogP contribution in [0.5, 0.6) is 0 Å². The number of halogens is 3. The number of carbonyl (C=O) groups is 1. The van der Waals surface area contributed by atoms with Crippen LogP contribution in [-0.2, 0) is 4.79 Å². The van der Waals surface area contributed by atoms with Crippen molar-refractivity contribution in [1.82, 2.24) is 5.32 Å². The Morgan fingerprint density at radius 1 is 1.15 bits per heavy atom. The van der Waals surface area contributed by atoms with Crippen molar-refractivity contribution in [3.63, 3.8) is 0 Å². The van der Waals surface area contributed by atoms with Gasteiger partial charge in [0.25, 0.3) is 0 Å². The summed E-state index contributed by atoms with van der Waals surface area (Å²) in [5.74, 6) is -3.69. The first-order chi connectivity index (χ1) is 9.35. The van der Waals surface area contributed by atoms with E-state index < -0.39 is 23.5 Å². The van der Waals surface area contributed by atoms with Gasteiger partial charge in [-0.3, -0.25) is 4.79 Å². The fourth-order valence-electron chi connectivity index (χ4n) is 1.81. The third kappa shape index (κ3) is 4.43. The molecule has 0 aromatic heterocycles. The summed E-state index contributed by atoms with van der Waals surface area (Å²) in [5, 5.41) is 5.29. The number of carbonyl (C=O) groups excluding carboxylic acids is 1. The summed E-state index contributed by atoms with van der Waals surface area (Å²) < 4.78 is 39.3. The Bertz CT molecular complexity index is 480. The van der Waals surface area contributed by atoms with E-state index in [9.17, 15) is 18.0 Å². The molecule has 0 saturated heterocycles. The lowest BCUT2D eigenvalue weighted by molar-refractivity contribution is -0.122. The molecule has 2 unspecified atom stereocenters. The van der Waals surface area contributed by atoms with Crippen LogP contribution in [0, 0.1) is 17.5 Å². The number of rotatable bonds is 6. The normalized spacial score (nSPS) is 13.7. The molecule has 1 aromatic rings. The zero-order valence-electron chi connectivity index (χ0n) is 11.8. The molecule has 2 atom stereocenters. The van der Waals surface area contributed by atoms with E-state index in [1.165, 1.54) is 6.92 Å². The number of anilines is 1. The van der Waals surface area contributed by atoms with Crippen LogP contribution in [0.4, 0.5) is 18.9 Å². The van der Waals surface area contributed by atoms with E-state index in [0.717, 1.165) is 12.8 Å². The Hall–Kier alpha value is -1.72. The highest BCUT2D eigenvalue weighted by Crippen LogP contribution is 2.19. The minimum absolute atomic E-state index is 0.00607. The summed E-state index contributed by atoms with van der Waals surface area (Å²) in [6.07, 6.45) is 1.76. The van der Waals surface area contributed by atoms with Gasteiger partial charge in [0.15, 0.2) is 11.6 Å². The van der Waals surface area contributed by atoms with Crippen LogP contribution in [0.15, 0.2) is 12.1 Å². The number of benzene rings is 1. The van der Waals surface area contributed by atoms with Gasteiger partial charge in [-0.1, -0.05) is 13.3 Å². The molecule has 112 valence electrons. The van der Waals surface area contributed by atoms with Gasteiger partial charge in [-0.05, 0) is 20.3 Å². The second kappa shape index (κ2) is 7.17. The highest BCUT2D eigenvalue weighted by molar-refractivity contribution is 5.84. The Balaban J connectivity index is 2.68. The van der Waals surface area contributed by atoms with Crippen LogP contribution >= 0.6 is 0 Å². The average molecular weight is 288 g/mol. The lowest BCUT2D eigenvalue weighted by atomic mass is 10.2. The first-order valence-corrected chi connectivity index (χ1v) is 6.56. The summed E-state index contributed by atoms with van der Waals surface area (Å²) >= 11 is 0. The van der Waals surface area contributed by atoms with Crippen LogP contribution in [0.1, 0.15) is 33.6 Å². The number of nitrogens with one attached hydrogen (secondary N) is 2. The fraction of sp³-hybridized carbons (Fsp3) is 0.500. The highest BCUT2D eigenvalue weighted by atomic mass is 19.2. The molecule has 0 bridgehead atoms. The van der Waals surface area contributed by atoms with E-state index in [1.807, 2.05) is 13.8 Å². The van der Waals surface area contributed by atoms with E-state index >= 15 is 0 Å². The van der Waals surface area contributed by atoms with Crippen molar-refractivity contribution < 1.29 is 18.0 Å². The SMILES string of the molecule is CCCC(C)NC(=O)C(C)Nc1cc(F)c(F)cc1F. The van der Waals surface area contributed by atoms with Crippen molar-refractivity contribution in [1.29, 1.82) is 0 Å². The third-order valence-corrected chi connectivity index (χ3v) is 2.89. The van der Waals surface area contributed by atoms with E-state index in [-0.39, 0.29) is 17.6 Å².